The van der Waals surface area contributed by atoms with Crippen LogP contribution in [0.4, 0.5) is 0 Å². The van der Waals surface area contributed by atoms with Gasteiger partial charge in [-0.25, -0.2) is 0 Å². The highest BCUT2D eigenvalue weighted by atomic mass is 16.1. The smallest absolute Gasteiger partial charge is 0.203 e. The monoisotopic (exact) mass is 270 g/mol. The van der Waals surface area contributed by atoms with Crippen LogP contribution in [0.25, 0.3) is 0 Å². The molecule has 0 bridgehead atoms. The molecule has 0 spiro atoms. The van der Waals surface area contributed by atoms with Crippen LogP contribution < -0.4 is 0 Å². The zero-order valence-electron chi connectivity index (χ0n) is 11.3. The van der Waals surface area contributed by atoms with Gasteiger partial charge in [0.25, 0.3) is 0 Å². The minimum atomic E-state index is -0.281. The lowest BCUT2D eigenvalue weighted by atomic mass is 9.77. The Morgan fingerprint density at radius 1 is 0.950 bits per heavy atom. The third-order valence-corrected chi connectivity index (χ3v) is 4.07. The molecule has 0 aliphatic heterocycles. The molecule has 1 aromatic carbocycles. The first-order valence-corrected chi connectivity index (χ1v) is 6.84. The minimum Gasteiger partial charge on any atom is -0.305 e. The van der Waals surface area contributed by atoms with Crippen molar-refractivity contribution in [3.05, 3.63) is 35.4 Å². The van der Waals surface area contributed by atoms with E-state index in [0.29, 0.717) is 11.5 Å². The molecular formula is C16H18N2O2. The lowest BCUT2D eigenvalue weighted by molar-refractivity contribution is -0.117. The summed E-state index contributed by atoms with van der Waals surface area (Å²) in [6.45, 7) is 0. The van der Waals surface area contributed by atoms with Gasteiger partial charge in [0.05, 0.1) is 12.4 Å². The summed E-state index contributed by atoms with van der Waals surface area (Å²) in [5.74, 6) is 0.101. The molecule has 2 N–H and O–H groups in total. The van der Waals surface area contributed by atoms with Crippen molar-refractivity contribution in [2.45, 2.75) is 31.6 Å². The maximum Gasteiger partial charge on any atom is 0.203 e. The molecular weight excluding hydrogens is 252 g/mol. The Labute approximate surface area is 118 Å². The summed E-state index contributed by atoms with van der Waals surface area (Å²) in [7, 11) is 0. The van der Waals surface area contributed by atoms with Gasteiger partial charge in [0, 0.05) is 11.5 Å². The Balaban J connectivity index is 2.00. The van der Waals surface area contributed by atoms with Crippen molar-refractivity contribution in [3.8, 4) is 0 Å². The Morgan fingerprint density at radius 3 is 2.05 bits per heavy atom. The van der Waals surface area contributed by atoms with Crippen molar-refractivity contribution in [1.29, 1.82) is 10.8 Å². The summed E-state index contributed by atoms with van der Waals surface area (Å²) in [6, 6.07) is 7.41. The van der Waals surface area contributed by atoms with E-state index in [2.05, 4.69) is 0 Å². The van der Waals surface area contributed by atoms with E-state index in [9.17, 15) is 9.59 Å². The molecule has 4 heteroatoms. The molecule has 1 aromatic rings. The molecule has 0 saturated heterocycles. The van der Waals surface area contributed by atoms with Crippen LogP contribution in [0.3, 0.4) is 0 Å². The Kier molecular flexibility index (Phi) is 4.56. The molecule has 1 aliphatic carbocycles. The molecule has 0 aromatic heterocycles. The second kappa shape index (κ2) is 6.37. The van der Waals surface area contributed by atoms with E-state index in [1.165, 1.54) is 5.56 Å². The maximum absolute atomic E-state index is 11.5. The van der Waals surface area contributed by atoms with Crippen LogP contribution in [-0.2, 0) is 4.79 Å². The molecule has 0 radical (unpaired) electrons. The first kappa shape index (κ1) is 14.3. The molecule has 0 heterocycles. The SMILES string of the molecule is N=CC(=O)c1ccc(C2CCC(C(=O)C=N)CC2)cc1. The number of hydrogen-bond donors (Lipinski definition) is 2. The maximum atomic E-state index is 11.5. The summed E-state index contributed by atoms with van der Waals surface area (Å²) in [5.41, 5.74) is 1.73. The second-order valence-electron chi connectivity index (χ2n) is 5.23. The number of rotatable bonds is 5. The molecule has 20 heavy (non-hydrogen) atoms. The van der Waals surface area contributed by atoms with Crippen molar-refractivity contribution in [3.63, 3.8) is 0 Å². The van der Waals surface area contributed by atoms with Gasteiger partial charge in [-0.2, -0.15) is 0 Å². The van der Waals surface area contributed by atoms with Gasteiger partial charge in [-0.15, -0.1) is 0 Å². The first-order chi connectivity index (χ1) is 9.65. The number of hydrogen-bond acceptors (Lipinski definition) is 4. The van der Waals surface area contributed by atoms with Gasteiger partial charge in [-0.05, 0) is 37.2 Å². The summed E-state index contributed by atoms with van der Waals surface area (Å²) in [5, 5.41) is 14.0. The zero-order valence-corrected chi connectivity index (χ0v) is 11.3. The standard InChI is InChI=1S/C16H18N2O2/c17-9-15(19)13-5-1-11(2-6-13)12-3-7-14(8-4-12)16(20)10-18/h1-2,5-6,9-10,12,14,17-18H,3-4,7-8H2. The largest absolute Gasteiger partial charge is 0.305 e. The summed E-state index contributed by atoms with van der Waals surface area (Å²) in [4.78, 5) is 22.8. The molecule has 0 atom stereocenters. The Bertz CT molecular complexity index is 526. The van der Waals surface area contributed by atoms with E-state index in [4.69, 9.17) is 10.8 Å². The van der Waals surface area contributed by atoms with Crippen molar-refractivity contribution in [1.82, 2.24) is 0 Å². The fourth-order valence-corrected chi connectivity index (χ4v) is 2.83. The van der Waals surface area contributed by atoms with Crippen molar-refractivity contribution >= 4 is 24.0 Å². The topological polar surface area (TPSA) is 81.8 Å². The number of carbonyl (C=O) groups excluding carboxylic acids is 2. The van der Waals surface area contributed by atoms with Crippen LogP contribution >= 0.6 is 0 Å². The van der Waals surface area contributed by atoms with E-state index in [0.717, 1.165) is 38.1 Å². The highest BCUT2D eigenvalue weighted by Crippen LogP contribution is 2.35. The fourth-order valence-electron chi connectivity index (χ4n) is 2.83. The number of carbonyl (C=O) groups is 2. The lowest BCUT2D eigenvalue weighted by Crippen LogP contribution is -2.21. The number of benzene rings is 1. The van der Waals surface area contributed by atoms with Crippen LogP contribution in [0.15, 0.2) is 24.3 Å². The second-order valence-corrected chi connectivity index (χ2v) is 5.23. The predicted molar refractivity (Wildman–Crippen MR) is 78.0 cm³/mol. The molecule has 4 nitrogen and oxygen atoms in total. The van der Waals surface area contributed by atoms with Crippen LogP contribution in [-0.4, -0.2) is 24.0 Å². The van der Waals surface area contributed by atoms with Crippen LogP contribution in [0.1, 0.15) is 47.5 Å². The van der Waals surface area contributed by atoms with Crippen molar-refractivity contribution < 1.29 is 9.59 Å². The van der Waals surface area contributed by atoms with Gasteiger partial charge in [0.2, 0.25) is 5.78 Å². The van der Waals surface area contributed by atoms with Gasteiger partial charge in [-0.1, -0.05) is 24.3 Å². The Hall–Kier alpha value is -2.10. The Morgan fingerprint density at radius 2 is 1.55 bits per heavy atom. The third kappa shape index (κ3) is 3.07. The molecule has 104 valence electrons. The van der Waals surface area contributed by atoms with E-state index >= 15 is 0 Å². The average molecular weight is 270 g/mol. The first-order valence-electron chi connectivity index (χ1n) is 6.84. The van der Waals surface area contributed by atoms with Crippen molar-refractivity contribution in [2.75, 3.05) is 0 Å². The number of nitrogens with one attached hydrogen (secondary N) is 2. The van der Waals surface area contributed by atoms with E-state index in [1.54, 1.807) is 12.1 Å². The summed E-state index contributed by atoms with van der Waals surface area (Å²) in [6.07, 6.45) is 5.32. The van der Waals surface area contributed by atoms with Gasteiger partial charge in [0.1, 0.15) is 0 Å². The molecule has 1 fully saturated rings. The highest BCUT2D eigenvalue weighted by molar-refractivity contribution is 6.34. The van der Waals surface area contributed by atoms with Crippen LogP contribution in [0.2, 0.25) is 0 Å². The van der Waals surface area contributed by atoms with Gasteiger partial charge in [0.15, 0.2) is 5.78 Å². The third-order valence-electron chi connectivity index (χ3n) is 4.07. The number of ketones is 2. The van der Waals surface area contributed by atoms with Crippen LogP contribution in [0, 0.1) is 16.7 Å². The molecule has 1 saturated carbocycles. The number of Topliss-reactive ketones (excluding diaryl/α,β-unsaturated/α-hetero) is 2. The normalized spacial score (nSPS) is 22.0. The van der Waals surface area contributed by atoms with Gasteiger partial charge in [-0.3, -0.25) is 9.59 Å². The molecule has 0 amide bonds. The van der Waals surface area contributed by atoms with Crippen molar-refractivity contribution in [2.24, 2.45) is 5.92 Å². The van der Waals surface area contributed by atoms with Crippen LogP contribution in [0.5, 0.6) is 0 Å². The van der Waals surface area contributed by atoms with Gasteiger partial charge >= 0.3 is 0 Å². The average Bonchev–Trinajstić information content (AvgIpc) is 2.53. The van der Waals surface area contributed by atoms with E-state index in [-0.39, 0.29) is 17.5 Å². The van der Waals surface area contributed by atoms with E-state index < -0.39 is 0 Å². The summed E-state index contributed by atoms with van der Waals surface area (Å²) >= 11 is 0. The molecule has 0 unspecified atom stereocenters. The summed E-state index contributed by atoms with van der Waals surface area (Å²) < 4.78 is 0. The van der Waals surface area contributed by atoms with E-state index in [1.807, 2.05) is 12.1 Å². The zero-order chi connectivity index (χ0) is 14.5. The minimum absolute atomic E-state index is 0.0162. The molecule has 1 aliphatic rings. The van der Waals surface area contributed by atoms with Gasteiger partial charge < -0.3 is 10.8 Å². The quantitative estimate of drug-likeness (QED) is 0.637. The predicted octanol–water partition coefficient (Wildman–Crippen LogP) is 3.01. The lowest BCUT2D eigenvalue weighted by Gasteiger charge is -2.27. The fraction of sp³-hybridized carbons (Fsp3) is 0.375. The molecule has 2 rings (SSSR count). The highest BCUT2D eigenvalue weighted by Gasteiger charge is 2.25.